The van der Waals surface area contributed by atoms with Crippen molar-refractivity contribution in [2.45, 2.75) is 13.5 Å². The van der Waals surface area contributed by atoms with Gasteiger partial charge in [-0.2, -0.15) is 0 Å². The van der Waals surface area contributed by atoms with Crippen molar-refractivity contribution in [2.75, 3.05) is 7.05 Å². The molecule has 2 aromatic carbocycles. The Labute approximate surface area is 117 Å². The average molecular weight is 273 g/mol. The van der Waals surface area contributed by atoms with Crippen LogP contribution in [0.25, 0.3) is 0 Å². The first kappa shape index (κ1) is 14.1. The predicted molar refractivity (Wildman–Crippen MR) is 75.0 cm³/mol. The zero-order chi connectivity index (χ0) is 14.7. The Morgan fingerprint density at radius 2 is 1.95 bits per heavy atom. The van der Waals surface area contributed by atoms with E-state index in [9.17, 15) is 9.18 Å². The van der Waals surface area contributed by atoms with Crippen LogP contribution in [-0.2, 0) is 6.54 Å². The Hall–Kier alpha value is -2.36. The number of nitrogens with zero attached hydrogens (tertiary/aromatic N) is 1. The lowest BCUT2D eigenvalue weighted by molar-refractivity contribution is 0.0780. The first-order valence-corrected chi connectivity index (χ1v) is 6.27. The smallest absolute Gasteiger partial charge is 0.256 e. The number of hydrogen-bond donors (Lipinski definition) is 1. The van der Waals surface area contributed by atoms with Crippen molar-refractivity contribution in [3.05, 3.63) is 65.0 Å². The standard InChI is InChI=1S/C16H16FNO2/c1-11-5-3-4-6-12(11)10-18(2)16(20)14-8-7-13(19)9-15(14)17/h3-9,19H,10H2,1-2H3. The number of carbonyl (C=O) groups excluding carboxylic acids is 1. The third kappa shape index (κ3) is 2.96. The summed E-state index contributed by atoms with van der Waals surface area (Å²) in [5, 5.41) is 9.16. The summed E-state index contributed by atoms with van der Waals surface area (Å²) in [7, 11) is 1.63. The van der Waals surface area contributed by atoms with Gasteiger partial charge in [0.15, 0.2) is 0 Å². The maximum Gasteiger partial charge on any atom is 0.256 e. The van der Waals surface area contributed by atoms with Crippen LogP contribution in [0.3, 0.4) is 0 Å². The van der Waals surface area contributed by atoms with Gasteiger partial charge < -0.3 is 10.0 Å². The van der Waals surface area contributed by atoms with E-state index in [1.165, 1.54) is 17.0 Å². The molecule has 0 saturated heterocycles. The molecule has 2 rings (SSSR count). The molecular weight excluding hydrogens is 257 g/mol. The summed E-state index contributed by atoms with van der Waals surface area (Å²) >= 11 is 0. The molecular formula is C16H16FNO2. The number of amides is 1. The van der Waals surface area contributed by atoms with E-state index in [2.05, 4.69) is 0 Å². The van der Waals surface area contributed by atoms with Gasteiger partial charge in [-0.05, 0) is 30.2 Å². The van der Waals surface area contributed by atoms with Crippen molar-refractivity contribution in [1.82, 2.24) is 4.90 Å². The lowest BCUT2D eigenvalue weighted by Gasteiger charge is -2.19. The third-order valence-electron chi connectivity index (χ3n) is 3.20. The Morgan fingerprint density at radius 3 is 2.60 bits per heavy atom. The minimum atomic E-state index is -0.716. The minimum Gasteiger partial charge on any atom is -0.508 e. The lowest BCUT2D eigenvalue weighted by Crippen LogP contribution is -2.27. The topological polar surface area (TPSA) is 40.5 Å². The second-order valence-electron chi connectivity index (χ2n) is 4.75. The van der Waals surface area contributed by atoms with Crippen molar-refractivity contribution in [3.8, 4) is 5.75 Å². The highest BCUT2D eigenvalue weighted by Crippen LogP contribution is 2.18. The van der Waals surface area contributed by atoms with Crippen molar-refractivity contribution < 1.29 is 14.3 Å². The van der Waals surface area contributed by atoms with E-state index in [4.69, 9.17) is 5.11 Å². The zero-order valence-corrected chi connectivity index (χ0v) is 11.4. The number of halogens is 1. The molecule has 0 bridgehead atoms. The lowest BCUT2D eigenvalue weighted by atomic mass is 10.1. The molecule has 0 radical (unpaired) electrons. The summed E-state index contributed by atoms with van der Waals surface area (Å²) in [6.07, 6.45) is 0. The van der Waals surface area contributed by atoms with Crippen LogP contribution in [0.15, 0.2) is 42.5 Å². The molecule has 2 aromatic rings. The number of phenols is 1. The fraction of sp³-hybridized carbons (Fsp3) is 0.188. The molecule has 0 fully saturated rings. The van der Waals surface area contributed by atoms with Gasteiger partial charge in [0, 0.05) is 19.7 Å². The van der Waals surface area contributed by atoms with Crippen LogP contribution in [0, 0.1) is 12.7 Å². The van der Waals surface area contributed by atoms with Crippen molar-refractivity contribution in [2.24, 2.45) is 0 Å². The van der Waals surface area contributed by atoms with Crippen molar-refractivity contribution in [3.63, 3.8) is 0 Å². The minimum absolute atomic E-state index is 0.0427. The van der Waals surface area contributed by atoms with Crippen LogP contribution in [0.5, 0.6) is 5.75 Å². The highest BCUT2D eigenvalue weighted by atomic mass is 19.1. The van der Waals surface area contributed by atoms with E-state index in [0.717, 1.165) is 17.2 Å². The number of carbonyl (C=O) groups is 1. The maximum absolute atomic E-state index is 13.7. The summed E-state index contributed by atoms with van der Waals surface area (Å²) < 4.78 is 13.7. The molecule has 104 valence electrons. The highest BCUT2D eigenvalue weighted by molar-refractivity contribution is 5.94. The summed E-state index contributed by atoms with van der Waals surface area (Å²) in [4.78, 5) is 13.7. The molecule has 0 aliphatic carbocycles. The SMILES string of the molecule is Cc1ccccc1CN(C)C(=O)c1ccc(O)cc1F. The van der Waals surface area contributed by atoms with Crippen LogP contribution in [0.4, 0.5) is 4.39 Å². The van der Waals surface area contributed by atoms with Crippen molar-refractivity contribution >= 4 is 5.91 Å². The zero-order valence-electron chi connectivity index (χ0n) is 11.4. The Balaban J connectivity index is 2.19. The summed E-state index contributed by atoms with van der Waals surface area (Å²) in [5.74, 6) is -1.32. The molecule has 0 aromatic heterocycles. The summed E-state index contributed by atoms with van der Waals surface area (Å²) in [6, 6.07) is 11.3. The summed E-state index contributed by atoms with van der Waals surface area (Å²) in [5.41, 5.74) is 2.06. The number of aromatic hydroxyl groups is 1. The van der Waals surface area contributed by atoms with Crippen LogP contribution >= 0.6 is 0 Å². The van der Waals surface area contributed by atoms with Crippen LogP contribution < -0.4 is 0 Å². The highest BCUT2D eigenvalue weighted by Gasteiger charge is 2.17. The van der Waals surface area contributed by atoms with Gasteiger partial charge in [0.2, 0.25) is 0 Å². The number of hydrogen-bond acceptors (Lipinski definition) is 2. The van der Waals surface area contributed by atoms with Crippen LogP contribution in [0.1, 0.15) is 21.5 Å². The maximum atomic E-state index is 13.7. The van der Waals surface area contributed by atoms with Gasteiger partial charge in [0.05, 0.1) is 5.56 Å². The van der Waals surface area contributed by atoms with Crippen LogP contribution in [0.2, 0.25) is 0 Å². The van der Waals surface area contributed by atoms with E-state index < -0.39 is 11.7 Å². The van der Waals surface area contributed by atoms with E-state index in [-0.39, 0.29) is 11.3 Å². The van der Waals surface area contributed by atoms with Gasteiger partial charge in [-0.15, -0.1) is 0 Å². The number of rotatable bonds is 3. The Kier molecular flexibility index (Phi) is 4.03. The van der Waals surface area contributed by atoms with E-state index in [1.54, 1.807) is 7.05 Å². The predicted octanol–water partition coefficient (Wildman–Crippen LogP) is 3.11. The van der Waals surface area contributed by atoms with Crippen LogP contribution in [-0.4, -0.2) is 23.0 Å². The van der Waals surface area contributed by atoms with Gasteiger partial charge in [0.25, 0.3) is 5.91 Å². The first-order chi connectivity index (χ1) is 9.49. The molecule has 1 N–H and O–H groups in total. The average Bonchev–Trinajstić information content (AvgIpc) is 2.40. The molecule has 0 unspecified atom stereocenters. The largest absolute Gasteiger partial charge is 0.508 e. The molecule has 20 heavy (non-hydrogen) atoms. The number of aryl methyl sites for hydroxylation is 1. The van der Waals surface area contributed by atoms with E-state index in [1.807, 2.05) is 31.2 Å². The summed E-state index contributed by atoms with van der Waals surface area (Å²) in [6.45, 7) is 2.38. The molecule has 0 saturated carbocycles. The molecule has 3 nitrogen and oxygen atoms in total. The van der Waals surface area contributed by atoms with Crippen molar-refractivity contribution in [1.29, 1.82) is 0 Å². The van der Waals surface area contributed by atoms with Gasteiger partial charge in [0.1, 0.15) is 11.6 Å². The molecule has 0 heterocycles. The fourth-order valence-corrected chi connectivity index (χ4v) is 2.00. The monoisotopic (exact) mass is 273 g/mol. The second-order valence-corrected chi connectivity index (χ2v) is 4.75. The molecule has 0 atom stereocenters. The second kappa shape index (κ2) is 5.74. The molecule has 0 aliphatic heterocycles. The van der Waals surface area contributed by atoms with E-state index >= 15 is 0 Å². The van der Waals surface area contributed by atoms with Gasteiger partial charge in [-0.25, -0.2) is 4.39 Å². The number of benzene rings is 2. The fourth-order valence-electron chi connectivity index (χ4n) is 2.00. The molecule has 1 amide bonds. The third-order valence-corrected chi connectivity index (χ3v) is 3.20. The van der Waals surface area contributed by atoms with E-state index in [0.29, 0.717) is 6.54 Å². The Morgan fingerprint density at radius 1 is 1.25 bits per heavy atom. The quantitative estimate of drug-likeness (QED) is 0.933. The van der Waals surface area contributed by atoms with Gasteiger partial charge in [-0.3, -0.25) is 4.79 Å². The molecule has 0 aliphatic rings. The molecule has 0 spiro atoms. The van der Waals surface area contributed by atoms with Gasteiger partial charge in [-0.1, -0.05) is 24.3 Å². The number of phenolic OH excluding ortho intramolecular Hbond substituents is 1. The normalized spacial score (nSPS) is 10.3. The Bertz CT molecular complexity index is 640. The van der Waals surface area contributed by atoms with Gasteiger partial charge >= 0.3 is 0 Å². The first-order valence-electron chi connectivity index (χ1n) is 6.27. The molecule has 4 heteroatoms.